The second kappa shape index (κ2) is 9.80. The van der Waals surface area contributed by atoms with E-state index in [1.54, 1.807) is 40.6 Å². The number of benzene rings is 2. The standard InChI is InChI=1S/C24H18BrNO4S3/c1-13-6-7-17(14(2)9-13)26-22(27)20(33-24(26)31)12-15-10-16(25)21(18(11-15)29-3)30-23(28)19-5-4-8-32-19/h4-12H,1-3H3/b20-12+. The Morgan fingerprint density at radius 3 is 2.64 bits per heavy atom. The van der Waals surface area contributed by atoms with Crippen LogP contribution in [-0.2, 0) is 4.79 Å². The minimum Gasteiger partial charge on any atom is -0.493 e. The fourth-order valence-electron chi connectivity index (χ4n) is 3.34. The van der Waals surface area contributed by atoms with Crippen molar-refractivity contribution in [3.8, 4) is 11.5 Å². The Morgan fingerprint density at radius 2 is 1.97 bits per heavy atom. The number of thiophene rings is 1. The molecule has 0 bridgehead atoms. The number of anilines is 1. The minimum atomic E-state index is -0.467. The van der Waals surface area contributed by atoms with E-state index in [9.17, 15) is 9.59 Å². The summed E-state index contributed by atoms with van der Waals surface area (Å²) < 4.78 is 12.0. The van der Waals surface area contributed by atoms with Gasteiger partial charge in [-0.3, -0.25) is 9.69 Å². The molecule has 0 N–H and O–H groups in total. The van der Waals surface area contributed by atoms with E-state index >= 15 is 0 Å². The lowest BCUT2D eigenvalue weighted by Gasteiger charge is -2.17. The second-order valence-corrected chi connectivity index (χ2v) is 10.7. The van der Waals surface area contributed by atoms with Crippen LogP contribution in [0, 0.1) is 13.8 Å². The molecule has 1 aliphatic rings. The summed E-state index contributed by atoms with van der Waals surface area (Å²) in [4.78, 5) is 28.1. The first-order valence-corrected chi connectivity index (χ1v) is 12.7. The molecule has 2 aromatic carbocycles. The maximum absolute atomic E-state index is 13.2. The summed E-state index contributed by atoms with van der Waals surface area (Å²) in [5.41, 5.74) is 3.58. The molecule has 0 atom stereocenters. The number of esters is 1. The maximum atomic E-state index is 13.2. The van der Waals surface area contributed by atoms with E-state index < -0.39 is 5.97 Å². The van der Waals surface area contributed by atoms with Crippen molar-refractivity contribution in [1.82, 2.24) is 0 Å². The highest BCUT2D eigenvalue weighted by Gasteiger charge is 2.34. The van der Waals surface area contributed by atoms with Crippen molar-refractivity contribution in [3.63, 3.8) is 0 Å². The van der Waals surface area contributed by atoms with Gasteiger partial charge in [-0.1, -0.05) is 47.7 Å². The molecule has 3 aromatic rings. The van der Waals surface area contributed by atoms with Crippen LogP contribution in [0.2, 0.25) is 0 Å². The van der Waals surface area contributed by atoms with Crippen LogP contribution >= 0.6 is 51.2 Å². The highest BCUT2D eigenvalue weighted by atomic mass is 79.9. The molecule has 0 aliphatic carbocycles. The lowest BCUT2D eigenvalue weighted by molar-refractivity contribution is -0.113. The number of carbonyl (C=O) groups excluding carboxylic acids is 2. The van der Waals surface area contributed by atoms with Gasteiger partial charge < -0.3 is 9.47 Å². The number of hydrogen-bond acceptors (Lipinski definition) is 7. The Hall–Kier alpha value is -2.46. The second-order valence-electron chi connectivity index (χ2n) is 7.21. The van der Waals surface area contributed by atoms with E-state index in [2.05, 4.69) is 15.9 Å². The summed E-state index contributed by atoms with van der Waals surface area (Å²) in [7, 11) is 1.49. The predicted octanol–water partition coefficient (Wildman–Crippen LogP) is 6.76. The third-order valence-electron chi connectivity index (χ3n) is 4.85. The van der Waals surface area contributed by atoms with E-state index in [-0.39, 0.29) is 11.7 Å². The summed E-state index contributed by atoms with van der Waals surface area (Å²) >= 11 is 11.5. The molecule has 33 heavy (non-hydrogen) atoms. The molecule has 9 heteroatoms. The Kier molecular flexibility index (Phi) is 7.04. The zero-order valence-electron chi connectivity index (χ0n) is 17.9. The van der Waals surface area contributed by atoms with Gasteiger partial charge in [0.25, 0.3) is 5.91 Å². The summed E-state index contributed by atoms with van der Waals surface area (Å²) in [6.07, 6.45) is 1.75. The van der Waals surface area contributed by atoms with Gasteiger partial charge in [0.1, 0.15) is 4.88 Å². The molecular formula is C24H18BrNO4S3. The number of amides is 1. The number of methoxy groups -OCH3 is 1. The number of ether oxygens (including phenoxy) is 2. The number of aryl methyl sites for hydroxylation is 2. The molecule has 2 heterocycles. The average Bonchev–Trinajstić information content (AvgIpc) is 3.39. The van der Waals surface area contributed by atoms with Crippen molar-refractivity contribution in [2.24, 2.45) is 0 Å². The van der Waals surface area contributed by atoms with Crippen LogP contribution in [-0.4, -0.2) is 23.3 Å². The van der Waals surface area contributed by atoms with Gasteiger partial charge in [-0.05, 0) is 76.6 Å². The number of rotatable bonds is 5. The van der Waals surface area contributed by atoms with E-state index in [1.165, 1.54) is 30.2 Å². The molecule has 5 nitrogen and oxygen atoms in total. The van der Waals surface area contributed by atoms with Crippen molar-refractivity contribution < 1.29 is 19.1 Å². The summed E-state index contributed by atoms with van der Waals surface area (Å²) in [5.74, 6) is -0.00685. The Labute approximate surface area is 213 Å². The normalized spacial score (nSPS) is 14.8. The van der Waals surface area contributed by atoms with E-state index in [1.807, 2.05) is 32.0 Å². The van der Waals surface area contributed by atoms with Gasteiger partial charge in [-0.25, -0.2) is 4.79 Å². The fourth-order valence-corrected chi connectivity index (χ4v) is 5.77. The summed E-state index contributed by atoms with van der Waals surface area (Å²) in [5, 5.41) is 1.81. The van der Waals surface area contributed by atoms with Gasteiger partial charge >= 0.3 is 5.97 Å². The maximum Gasteiger partial charge on any atom is 0.353 e. The Balaban J connectivity index is 1.63. The topological polar surface area (TPSA) is 55.8 Å². The van der Waals surface area contributed by atoms with Crippen LogP contribution in [0.25, 0.3) is 6.08 Å². The molecule has 0 radical (unpaired) electrons. The highest BCUT2D eigenvalue weighted by Crippen LogP contribution is 2.41. The van der Waals surface area contributed by atoms with Crippen LogP contribution < -0.4 is 14.4 Å². The van der Waals surface area contributed by atoms with Gasteiger partial charge in [-0.15, -0.1) is 11.3 Å². The molecule has 4 rings (SSSR count). The number of carbonyl (C=O) groups is 2. The third kappa shape index (κ3) is 4.91. The molecule has 1 aliphatic heterocycles. The largest absolute Gasteiger partial charge is 0.493 e. The molecule has 168 valence electrons. The van der Waals surface area contributed by atoms with Crippen molar-refractivity contribution in [3.05, 3.63) is 78.8 Å². The molecule has 1 aromatic heterocycles. The molecular weight excluding hydrogens is 542 g/mol. The first-order chi connectivity index (χ1) is 15.8. The SMILES string of the molecule is COc1cc(/C=C2/SC(=S)N(c3ccc(C)cc3C)C2=O)cc(Br)c1OC(=O)c1cccs1. The smallest absolute Gasteiger partial charge is 0.353 e. The molecule has 1 saturated heterocycles. The van der Waals surface area contributed by atoms with E-state index in [0.717, 1.165) is 16.8 Å². The molecule has 0 unspecified atom stereocenters. The number of thiocarbonyl (C=S) groups is 1. The summed E-state index contributed by atoms with van der Waals surface area (Å²) in [6.45, 7) is 3.97. The number of nitrogens with zero attached hydrogens (tertiary/aromatic N) is 1. The van der Waals surface area contributed by atoms with Crippen LogP contribution in [0.1, 0.15) is 26.4 Å². The fraction of sp³-hybridized carbons (Fsp3) is 0.125. The zero-order valence-corrected chi connectivity index (χ0v) is 21.9. The van der Waals surface area contributed by atoms with Crippen molar-refractivity contribution in [2.45, 2.75) is 13.8 Å². The molecule has 0 spiro atoms. The predicted molar refractivity (Wildman–Crippen MR) is 142 cm³/mol. The lowest BCUT2D eigenvalue weighted by atomic mass is 10.1. The quantitative estimate of drug-likeness (QED) is 0.149. The number of thioether (sulfide) groups is 1. The average molecular weight is 561 g/mol. The highest BCUT2D eigenvalue weighted by molar-refractivity contribution is 9.10. The van der Waals surface area contributed by atoms with Gasteiger partial charge in [-0.2, -0.15) is 0 Å². The Bertz CT molecular complexity index is 1300. The zero-order chi connectivity index (χ0) is 23.7. The van der Waals surface area contributed by atoms with Gasteiger partial charge in [0, 0.05) is 0 Å². The van der Waals surface area contributed by atoms with Crippen molar-refractivity contribution >= 4 is 79.2 Å². The lowest BCUT2D eigenvalue weighted by Crippen LogP contribution is -2.28. The molecule has 1 fully saturated rings. The summed E-state index contributed by atoms with van der Waals surface area (Å²) in [6, 6.07) is 12.9. The van der Waals surface area contributed by atoms with Crippen LogP contribution in [0.5, 0.6) is 11.5 Å². The van der Waals surface area contributed by atoms with Gasteiger partial charge in [0.05, 0.1) is 22.2 Å². The minimum absolute atomic E-state index is 0.180. The van der Waals surface area contributed by atoms with Gasteiger partial charge in [0.2, 0.25) is 0 Å². The van der Waals surface area contributed by atoms with E-state index in [0.29, 0.717) is 29.9 Å². The number of halogens is 1. The molecule has 1 amide bonds. The van der Waals surface area contributed by atoms with E-state index in [4.69, 9.17) is 21.7 Å². The third-order valence-corrected chi connectivity index (χ3v) is 7.59. The Morgan fingerprint density at radius 1 is 1.18 bits per heavy atom. The van der Waals surface area contributed by atoms with Crippen LogP contribution in [0.4, 0.5) is 5.69 Å². The first-order valence-electron chi connectivity index (χ1n) is 9.77. The number of hydrogen-bond donors (Lipinski definition) is 0. The van der Waals surface area contributed by atoms with Crippen molar-refractivity contribution in [2.75, 3.05) is 12.0 Å². The van der Waals surface area contributed by atoms with Crippen LogP contribution in [0.15, 0.2) is 57.2 Å². The molecule has 0 saturated carbocycles. The van der Waals surface area contributed by atoms with Gasteiger partial charge in [0.15, 0.2) is 15.8 Å². The van der Waals surface area contributed by atoms with Crippen molar-refractivity contribution in [1.29, 1.82) is 0 Å². The van der Waals surface area contributed by atoms with Crippen LogP contribution in [0.3, 0.4) is 0 Å². The first kappa shape index (κ1) is 23.7. The monoisotopic (exact) mass is 559 g/mol.